The molecule has 2 unspecified atom stereocenters. The van der Waals surface area contributed by atoms with E-state index in [9.17, 15) is 4.79 Å². The van der Waals surface area contributed by atoms with Crippen molar-refractivity contribution in [2.45, 2.75) is 47.0 Å². The Labute approximate surface area is 99.1 Å². The van der Waals surface area contributed by atoms with Crippen molar-refractivity contribution in [2.24, 2.45) is 11.8 Å². The van der Waals surface area contributed by atoms with Gasteiger partial charge in [-0.2, -0.15) is 0 Å². The normalized spacial score (nSPS) is 16.4. The van der Waals surface area contributed by atoms with Crippen molar-refractivity contribution in [3.63, 3.8) is 0 Å². The van der Waals surface area contributed by atoms with E-state index in [0.29, 0.717) is 5.92 Å². The Hall–Kier alpha value is -1.05. The first kappa shape index (κ1) is 14.9. The van der Waals surface area contributed by atoms with Crippen LogP contribution in [0.25, 0.3) is 0 Å². The van der Waals surface area contributed by atoms with Crippen LogP contribution in [0.15, 0.2) is 23.8 Å². The van der Waals surface area contributed by atoms with Gasteiger partial charge >= 0.3 is 5.97 Å². The lowest BCUT2D eigenvalue weighted by Gasteiger charge is -2.10. The van der Waals surface area contributed by atoms with Crippen molar-refractivity contribution in [2.75, 3.05) is 0 Å². The molecule has 0 amide bonds. The second-order valence-electron chi connectivity index (χ2n) is 4.65. The molecule has 0 rings (SSSR count). The van der Waals surface area contributed by atoms with Crippen LogP contribution < -0.4 is 0 Å². The zero-order valence-corrected chi connectivity index (χ0v) is 10.9. The van der Waals surface area contributed by atoms with E-state index in [-0.39, 0.29) is 0 Å². The van der Waals surface area contributed by atoms with Gasteiger partial charge in [-0.3, -0.25) is 0 Å². The maximum Gasteiger partial charge on any atom is 0.328 e. The fraction of sp³-hybridized carbons (Fsp3) is 0.643. The lowest BCUT2D eigenvalue weighted by Crippen LogP contribution is -1.97. The molecule has 0 aromatic rings. The van der Waals surface area contributed by atoms with E-state index in [0.717, 1.165) is 11.5 Å². The standard InChI is InChI=1S/C14H24O2/c1-5-11(2)6-7-12(3)8-9-13(4)10-14(15)16/h8-12H,5-7H2,1-4H3,(H,15,16). The van der Waals surface area contributed by atoms with E-state index in [1.54, 1.807) is 0 Å². The monoisotopic (exact) mass is 224 g/mol. The Balaban J connectivity index is 3.99. The molecular weight excluding hydrogens is 200 g/mol. The Morgan fingerprint density at radius 2 is 1.94 bits per heavy atom. The van der Waals surface area contributed by atoms with Crippen molar-refractivity contribution < 1.29 is 9.90 Å². The summed E-state index contributed by atoms with van der Waals surface area (Å²) in [5.41, 5.74) is 0.794. The largest absolute Gasteiger partial charge is 0.478 e. The zero-order chi connectivity index (χ0) is 12.6. The fourth-order valence-corrected chi connectivity index (χ4v) is 1.41. The van der Waals surface area contributed by atoms with Gasteiger partial charge in [0.05, 0.1) is 0 Å². The van der Waals surface area contributed by atoms with Crippen LogP contribution in [0.3, 0.4) is 0 Å². The van der Waals surface area contributed by atoms with Gasteiger partial charge in [-0.15, -0.1) is 0 Å². The Morgan fingerprint density at radius 1 is 1.31 bits per heavy atom. The number of carboxylic acid groups (broad SMARTS) is 1. The minimum atomic E-state index is -0.880. The summed E-state index contributed by atoms with van der Waals surface area (Å²) in [5.74, 6) is 0.423. The lowest BCUT2D eigenvalue weighted by atomic mass is 9.96. The number of hydrogen-bond acceptors (Lipinski definition) is 1. The van der Waals surface area contributed by atoms with Gasteiger partial charge in [0, 0.05) is 6.08 Å². The summed E-state index contributed by atoms with van der Waals surface area (Å²) >= 11 is 0. The summed E-state index contributed by atoms with van der Waals surface area (Å²) in [5, 5.41) is 8.55. The molecule has 2 nitrogen and oxygen atoms in total. The Bertz CT molecular complexity index is 264. The van der Waals surface area contributed by atoms with Crippen LogP contribution in [0.2, 0.25) is 0 Å². The number of aliphatic carboxylic acids is 1. The third kappa shape index (κ3) is 8.27. The molecule has 0 saturated heterocycles. The molecule has 0 heterocycles. The minimum absolute atomic E-state index is 0.520. The number of carboxylic acids is 1. The van der Waals surface area contributed by atoms with E-state index in [1.165, 1.54) is 25.3 Å². The molecule has 0 aliphatic heterocycles. The fourth-order valence-electron chi connectivity index (χ4n) is 1.41. The van der Waals surface area contributed by atoms with Gasteiger partial charge in [-0.25, -0.2) is 4.79 Å². The molecule has 2 heteroatoms. The minimum Gasteiger partial charge on any atom is -0.478 e. The summed E-state index contributed by atoms with van der Waals surface area (Å²) in [6.07, 6.45) is 8.87. The quantitative estimate of drug-likeness (QED) is 0.523. The Kier molecular flexibility index (Phi) is 7.61. The first-order valence-corrected chi connectivity index (χ1v) is 6.05. The molecule has 16 heavy (non-hydrogen) atoms. The summed E-state index contributed by atoms with van der Waals surface area (Å²) in [4.78, 5) is 10.4. The molecule has 0 saturated carbocycles. The highest BCUT2D eigenvalue weighted by atomic mass is 16.4. The average molecular weight is 224 g/mol. The molecule has 2 atom stereocenters. The van der Waals surface area contributed by atoms with Crippen molar-refractivity contribution in [3.8, 4) is 0 Å². The molecule has 0 radical (unpaired) electrons. The van der Waals surface area contributed by atoms with Crippen LogP contribution in [-0.2, 0) is 4.79 Å². The van der Waals surface area contributed by atoms with E-state index >= 15 is 0 Å². The zero-order valence-electron chi connectivity index (χ0n) is 10.9. The van der Waals surface area contributed by atoms with E-state index in [1.807, 2.05) is 13.0 Å². The van der Waals surface area contributed by atoms with Gasteiger partial charge < -0.3 is 5.11 Å². The molecule has 0 aliphatic carbocycles. The van der Waals surface area contributed by atoms with Crippen LogP contribution in [0.4, 0.5) is 0 Å². The van der Waals surface area contributed by atoms with Crippen LogP contribution >= 0.6 is 0 Å². The van der Waals surface area contributed by atoms with Gasteiger partial charge in [-0.05, 0) is 30.8 Å². The first-order valence-electron chi connectivity index (χ1n) is 6.05. The van der Waals surface area contributed by atoms with Gasteiger partial charge in [0.1, 0.15) is 0 Å². The van der Waals surface area contributed by atoms with Crippen molar-refractivity contribution in [1.82, 2.24) is 0 Å². The average Bonchev–Trinajstić information content (AvgIpc) is 2.22. The highest BCUT2D eigenvalue weighted by molar-refractivity contribution is 5.81. The van der Waals surface area contributed by atoms with Crippen LogP contribution in [0.1, 0.15) is 47.0 Å². The molecule has 0 spiro atoms. The van der Waals surface area contributed by atoms with Crippen LogP contribution in [0.5, 0.6) is 0 Å². The van der Waals surface area contributed by atoms with Gasteiger partial charge in [0.2, 0.25) is 0 Å². The van der Waals surface area contributed by atoms with Gasteiger partial charge in [0.15, 0.2) is 0 Å². The predicted octanol–water partition coefficient (Wildman–Crippen LogP) is 4.04. The van der Waals surface area contributed by atoms with E-state index in [4.69, 9.17) is 5.11 Å². The molecule has 0 aromatic heterocycles. The number of carbonyl (C=O) groups is 1. The van der Waals surface area contributed by atoms with Gasteiger partial charge in [-0.1, -0.05) is 45.8 Å². The van der Waals surface area contributed by atoms with Crippen molar-refractivity contribution in [1.29, 1.82) is 0 Å². The van der Waals surface area contributed by atoms with E-state index < -0.39 is 5.97 Å². The summed E-state index contributed by atoms with van der Waals surface area (Å²) in [7, 11) is 0. The van der Waals surface area contributed by atoms with Crippen LogP contribution in [0, 0.1) is 11.8 Å². The predicted molar refractivity (Wildman–Crippen MR) is 68.4 cm³/mol. The van der Waals surface area contributed by atoms with Gasteiger partial charge in [0.25, 0.3) is 0 Å². The smallest absolute Gasteiger partial charge is 0.328 e. The summed E-state index contributed by atoms with van der Waals surface area (Å²) < 4.78 is 0. The third-order valence-corrected chi connectivity index (χ3v) is 2.85. The Morgan fingerprint density at radius 3 is 2.44 bits per heavy atom. The molecule has 1 N–H and O–H groups in total. The molecule has 0 bridgehead atoms. The number of rotatable bonds is 7. The first-order chi connectivity index (χ1) is 7.45. The molecular formula is C14H24O2. The molecule has 0 fully saturated rings. The van der Waals surface area contributed by atoms with E-state index in [2.05, 4.69) is 26.8 Å². The molecule has 92 valence electrons. The number of allylic oxidation sites excluding steroid dienone is 3. The van der Waals surface area contributed by atoms with Crippen molar-refractivity contribution >= 4 is 5.97 Å². The maximum absolute atomic E-state index is 10.4. The lowest BCUT2D eigenvalue weighted by molar-refractivity contribution is -0.131. The molecule has 0 aliphatic rings. The SMILES string of the molecule is CCC(C)CCC(C)C=CC(C)=CC(=O)O. The molecule has 0 aromatic carbocycles. The topological polar surface area (TPSA) is 37.3 Å². The number of hydrogen-bond donors (Lipinski definition) is 1. The second kappa shape index (κ2) is 8.14. The summed E-state index contributed by atoms with van der Waals surface area (Å²) in [6, 6.07) is 0. The summed E-state index contributed by atoms with van der Waals surface area (Å²) in [6.45, 7) is 8.47. The highest BCUT2D eigenvalue weighted by Crippen LogP contribution is 2.16. The highest BCUT2D eigenvalue weighted by Gasteiger charge is 2.02. The maximum atomic E-state index is 10.4. The van der Waals surface area contributed by atoms with Crippen molar-refractivity contribution in [3.05, 3.63) is 23.8 Å². The third-order valence-electron chi connectivity index (χ3n) is 2.85. The van der Waals surface area contributed by atoms with Crippen LogP contribution in [-0.4, -0.2) is 11.1 Å². The second-order valence-corrected chi connectivity index (χ2v) is 4.65.